The molecule has 4 aliphatic carbocycles. The maximum absolute atomic E-state index is 2.57. The molecule has 2 heterocycles. The Morgan fingerprint density at radius 3 is 0.795 bits per heavy atom. The number of fused-ring (bicyclic) bond motifs is 28. The van der Waals surface area contributed by atoms with Crippen molar-refractivity contribution in [2.24, 2.45) is 0 Å². The van der Waals surface area contributed by atoms with Gasteiger partial charge in [-0.15, -0.1) is 0 Å². The minimum Gasteiger partial charge on any atom is -0.310 e. The van der Waals surface area contributed by atoms with Crippen LogP contribution in [0.1, 0.15) is 66.8 Å². The summed E-state index contributed by atoms with van der Waals surface area (Å²) >= 11 is 3.79. The molecule has 0 amide bonds. The second-order valence-electron chi connectivity index (χ2n) is 21.7. The SMILES string of the molecule is c1ccc2c(c1)Sc1ccccc1C21c2ccccc2-c2cc(N(c3ccc4c(c3)-c3ccccc3C43c4ccccc4Sc4ccccc43)c3ccc4c(c3)C3(c5ccccc5-c5ccccc53)c3ccccc3-4)ccc21. The van der Waals surface area contributed by atoms with Crippen LogP contribution >= 0.6 is 23.5 Å². The molecule has 0 atom stereocenters. The Hall–Kier alpha value is -8.86. The second kappa shape index (κ2) is 15.6. The molecule has 0 fully saturated rings. The van der Waals surface area contributed by atoms with Gasteiger partial charge in [0.15, 0.2) is 0 Å². The first-order valence-electron chi connectivity index (χ1n) is 27.1. The number of rotatable bonds is 3. The lowest BCUT2D eigenvalue weighted by molar-refractivity contribution is 0.722. The van der Waals surface area contributed by atoms with E-state index in [1.165, 1.54) is 131 Å². The standard InChI is InChI=1S/C75H45NS2/c1-6-24-57-49(19-1)50-20-2-7-25-58(50)73(57)59-26-8-3-21-51(59)54-40-37-48(45-68(54)73)76(46-38-41-62-55(43-46)52-22-4-9-27-60(52)74(62)64-29-11-15-33-69(64)77-70-34-16-12-30-65(70)74)47-39-42-63-56(44-47)53-23-5-10-28-61(53)75(63)66-31-13-17-35-71(66)78-72-36-18-14-32-67(72)75/h1-45H. The van der Waals surface area contributed by atoms with Crippen LogP contribution in [0, 0.1) is 0 Å². The van der Waals surface area contributed by atoms with E-state index in [1.807, 2.05) is 23.5 Å². The molecule has 0 unspecified atom stereocenters. The maximum atomic E-state index is 2.57. The van der Waals surface area contributed by atoms with Crippen molar-refractivity contribution in [3.05, 3.63) is 340 Å². The van der Waals surface area contributed by atoms with Gasteiger partial charge in [-0.3, -0.25) is 0 Å². The molecule has 0 saturated heterocycles. The van der Waals surface area contributed by atoms with Gasteiger partial charge in [0.1, 0.15) is 0 Å². The van der Waals surface area contributed by atoms with Crippen molar-refractivity contribution in [1.29, 1.82) is 0 Å². The highest BCUT2D eigenvalue weighted by Gasteiger charge is 2.54. The van der Waals surface area contributed by atoms with E-state index in [0.717, 1.165) is 17.1 Å². The Morgan fingerprint density at radius 2 is 0.436 bits per heavy atom. The first-order valence-corrected chi connectivity index (χ1v) is 28.8. The Labute approximate surface area is 462 Å². The smallest absolute Gasteiger partial charge is 0.0735 e. The molecule has 12 aromatic carbocycles. The summed E-state index contributed by atoms with van der Waals surface area (Å²) in [7, 11) is 0. The fourth-order valence-electron chi connectivity index (χ4n) is 15.6. The minimum atomic E-state index is -0.493. The molecule has 0 N–H and O–H groups in total. The van der Waals surface area contributed by atoms with Gasteiger partial charge < -0.3 is 4.90 Å². The lowest BCUT2D eigenvalue weighted by Crippen LogP contribution is -2.32. The van der Waals surface area contributed by atoms with Crippen LogP contribution in [0.5, 0.6) is 0 Å². The first kappa shape index (κ1) is 43.3. The second-order valence-corrected chi connectivity index (χ2v) is 23.9. The molecular formula is C75H45NS2. The summed E-state index contributed by atoms with van der Waals surface area (Å²) in [5, 5.41) is 0. The highest BCUT2D eigenvalue weighted by molar-refractivity contribution is 7.99. The normalized spacial score (nSPS) is 15.4. The quantitative estimate of drug-likeness (QED) is 0.174. The van der Waals surface area contributed by atoms with Crippen LogP contribution in [-0.2, 0) is 16.2 Å². The van der Waals surface area contributed by atoms with Crippen LogP contribution in [0.25, 0.3) is 44.5 Å². The zero-order valence-electron chi connectivity index (χ0n) is 42.2. The number of hydrogen-bond donors (Lipinski definition) is 0. The van der Waals surface area contributed by atoms with Crippen LogP contribution in [0.15, 0.2) is 293 Å². The first-order chi connectivity index (χ1) is 38.7. The molecule has 0 bridgehead atoms. The molecule has 362 valence electrons. The van der Waals surface area contributed by atoms with E-state index in [9.17, 15) is 0 Å². The third kappa shape index (κ3) is 5.22. The monoisotopic (exact) mass is 1020 g/mol. The van der Waals surface area contributed by atoms with Crippen LogP contribution in [0.2, 0.25) is 0 Å². The van der Waals surface area contributed by atoms with Crippen LogP contribution in [-0.4, -0.2) is 0 Å². The molecule has 3 spiro atoms. The van der Waals surface area contributed by atoms with Crippen molar-refractivity contribution in [3.63, 3.8) is 0 Å². The van der Waals surface area contributed by atoms with E-state index < -0.39 is 16.2 Å². The van der Waals surface area contributed by atoms with Gasteiger partial charge in [-0.1, -0.05) is 236 Å². The Balaban J connectivity index is 0.915. The van der Waals surface area contributed by atoms with E-state index in [-0.39, 0.29) is 0 Å². The summed E-state index contributed by atoms with van der Waals surface area (Å²) in [6, 6.07) is 104. The molecule has 2 aliphatic heterocycles. The number of anilines is 3. The van der Waals surface area contributed by atoms with Crippen molar-refractivity contribution in [1.82, 2.24) is 0 Å². The molecule has 78 heavy (non-hydrogen) atoms. The van der Waals surface area contributed by atoms with Crippen molar-refractivity contribution in [3.8, 4) is 44.5 Å². The lowest BCUT2D eigenvalue weighted by Gasteiger charge is -2.40. The summed E-state index contributed by atoms with van der Waals surface area (Å²) in [5.74, 6) is 0. The van der Waals surface area contributed by atoms with E-state index in [4.69, 9.17) is 0 Å². The predicted molar refractivity (Wildman–Crippen MR) is 320 cm³/mol. The molecule has 0 radical (unpaired) electrons. The Morgan fingerprint density at radius 1 is 0.192 bits per heavy atom. The largest absolute Gasteiger partial charge is 0.310 e. The van der Waals surface area contributed by atoms with Gasteiger partial charge in [0.05, 0.1) is 16.2 Å². The fraction of sp³-hybridized carbons (Fsp3) is 0.0400. The Kier molecular flexibility index (Phi) is 8.68. The van der Waals surface area contributed by atoms with Crippen molar-refractivity contribution >= 4 is 40.6 Å². The number of benzene rings is 12. The molecular weight excluding hydrogens is 979 g/mol. The van der Waals surface area contributed by atoms with Crippen LogP contribution < -0.4 is 4.90 Å². The van der Waals surface area contributed by atoms with Gasteiger partial charge >= 0.3 is 0 Å². The molecule has 18 rings (SSSR count). The molecule has 0 aromatic heterocycles. The van der Waals surface area contributed by atoms with Gasteiger partial charge in [0.2, 0.25) is 0 Å². The average Bonchev–Trinajstić information content (AvgIpc) is 4.37. The van der Waals surface area contributed by atoms with Crippen LogP contribution in [0.3, 0.4) is 0 Å². The average molecular weight is 1020 g/mol. The highest BCUT2D eigenvalue weighted by Crippen LogP contribution is 2.67. The number of nitrogens with zero attached hydrogens (tertiary/aromatic N) is 1. The summed E-state index contributed by atoms with van der Waals surface area (Å²) in [5.41, 5.74) is 28.3. The van der Waals surface area contributed by atoms with Crippen LogP contribution in [0.4, 0.5) is 17.1 Å². The molecule has 12 aromatic rings. The predicted octanol–water partition coefficient (Wildman–Crippen LogP) is 19.2. The third-order valence-electron chi connectivity index (χ3n) is 18.4. The fourth-order valence-corrected chi connectivity index (χ4v) is 18.0. The van der Waals surface area contributed by atoms with Gasteiger partial charge in [-0.2, -0.15) is 0 Å². The third-order valence-corrected chi connectivity index (χ3v) is 20.7. The lowest BCUT2D eigenvalue weighted by atomic mass is 9.67. The summed E-state index contributed by atoms with van der Waals surface area (Å²) in [6.07, 6.45) is 0. The molecule has 6 aliphatic rings. The van der Waals surface area contributed by atoms with Gasteiger partial charge in [0, 0.05) is 36.6 Å². The molecule has 1 nitrogen and oxygen atoms in total. The van der Waals surface area contributed by atoms with Crippen molar-refractivity contribution < 1.29 is 0 Å². The maximum Gasteiger partial charge on any atom is 0.0735 e. The van der Waals surface area contributed by atoms with E-state index in [1.54, 1.807) is 0 Å². The summed E-state index contributed by atoms with van der Waals surface area (Å²) < 4.78 is 0. The van der Waals surface area contributed by atoms with Gasteiger partial charge in [-0.25, -0.2) is 0 Å². The van der Waals surface area contributed by atoms with Crippen molar-refractivity contribution in [2.75, 3.05) is 4.90 Å². The van der Waals surface area contributed by atoms with E-state index in [0.29, 0.717) is 0 Å². The van der Waals surface area contributed by atoms with E-state index in [2.05, 4.69) is 278 Å². The minimum absolute atomic E-state index is 0.473. The van der Waals surface area contributed by atoms with Gasteiger partial charge in [-0.05, 0) is 172 Å². The van der Waals surface area contributed by atoms with Crippen molar-refractivity contribution in [2.45, 2.75) is 35.8 Å². The highest BCUT2D eigenvalue weighted by atomic mass is 32.2. The number of hydrogen-bond acceptors (Lipinski definition) is 3. The molecule has 3 heteroatoms. The topological polar surface area (TPSA) is 3.24 Å². The van der Waals surface area contributed by atoms with E-state index >= 15 is 0 Å². The molecule has 0 saturated carbocycles. The van der Waals surface area contributed by atoms with Gasteiger partial charge in [0.25, 0.3) is 0 Å². The zero-order chi connectivity index (χ0) is 50.9. The summed E-state index contributed by atoms with van der Waals surface area (Å²) in [4.78, 5) is 7.82. The Bertz CT molecular complexity index is 4270. The summed E-state index contributed by atoms with van der Waals surface area (Å²) in [6.45, 7) is 0. The zero-order valence-corrected chi connectivity index (χ0v) is 43.9.